The largest absolute Gasteiger partial charge is 0.493 e. The van der Waals surface area contributed by atoms with E-state index in [1.54, 1.807) is 0 Å². The summed E-state index contributed by atoms with van der Waals surface area (Å²) in [5.41, 5.74) is 2.03. The van der Waals surface area contributed by atoms with Crippen LogP contribution in [0.25, 0.3) is 11.1 Å². The smallest absolute Gasteiger partial charge is 0.264 e. The first-order valence-electron chi connectivity index (χ1n) is 13.0. The molecule has 0 heterocycles. The summed E-state index contributed by atoms with van der Waals surface area (Å²) in [6.45, 7) is 5.01. The summed E-state index contributed by atoms with van der Waals surface area (Å²) in [5.74, 6) is 1.46. The third kappa shape index (κ3) is 12.8. The SMILES string of the molecule is C=CCCCCCCCCCOc1cccc(OCCCCCCS(=O)(=O)O)c1-c1ccccc1. The van der Waals surface area contributed by atoms with Crippen molar-refractivity contribution in [3.63, 3.8) is 0 Å². The molecule has 0 aliphatic carbocycles. The van der Waals surface area contributed by atoms with E-state index >= 15 is 0 Å². The fraction of sp³-hybridized carbons (Fsp3) is 0.517. The van der Waals surface area contributed by atoms with Crippen LogP contribution in [0, 0.1) is 0 Å². The van der Waals surface area contributed by atoms with Crippen LogP contribution < -0.4 is 9.47 Å². The van der Waals surface area contributed by atoms with Crippen LogP contribution in [0.15, 0.2) is 61.2 Å². The van der Waals surface area contributed by atoms with Crippen LogP contribution >= 0.6 is 0 Å². The maximum absolute atomic E-state index is 10.8. The van der Waals surface area contributed by atoms with Crippen LogP contribution in [0.3, 0.4) is 0 Å². The van der Waals surface area contributed by atoms with E-state index in [0.29, 0.717) is 19.6 Å². The molecule has 0 aromatic heterocycles. The van der Waals surface area contributed by atoms with E-state index in [2.05, 4.69) is 18.7 Å². The molecular weight excluding hydrogens is 460 g/mol. The Bertz CT molecular complexity index is 941. The molecule has 0 bridgehead atoms. The van der Waals surface area contributed by atoms with Gasteiger partial charge in [0.05, 0.1) is 24.5 Å². The molecular formula is C29H42O5S. The predicted octanol–water partition coefficient (Wildman–Crippen LogP) is 7.87. The lowest BCUT2D eigenvalue weighted by molar-refractivity contribution is 0.292. The normalized spacial score (nSPS) is 11.3. The van der Waals surface area contributed by atoms with Crippen LogP contribution in [0.4, 0.5) is 0 Å². The third-order valence-corrected chi connectivity index (χ3v) is 6.72. The van der Waals surface area contributed by atoms with Gasteiger partial charge in [0.25, 0.3) is 10.1 Å². The number of rotatable bonds is 20. The van der Waals surface area contributed by atoms with Crippen LogP contribution in [-0.4, -0.2) is 31.9 Å². The molecule has 2 rings (SSSR count). The fourth-order valence-electron chi connectivity index (χ4n) is 4.02. The molecule has 5 nitrogen and oxygen atoms in total. The minimum Gasteiger partial charge on any atom is -0.493 e. The van der Waals surface area contributed by atoms with Crippen molar-refractivity contribution in [2.24, 2.45) is 0 Å². The molecule has 0 atom stereocenters. The molecule has 0 aliphatic heterocycles. The number of hydrogen-bond acceptors (Lipinski definition) is 4. The van der Waals surface area contributed by atoms with E-state index < -0.39 is 10.1 Å². The van der Waals surface area contributed by atoms with E-state index in [0.717, 1.165) is 54.7 Å². The van der Waals surface area contributed by atoms with Gasteiger partial charge in [-0.15, -0.1) is 6.58 Å². The third-order valence-electron chi connectivity index (χ3n) is 5.91. The summed E-state index contributed by atoms with van der Waals surface area (Å²) in [4.78, 5) is 0. The molecule has 0 fully saturated rings. The molecule has 0 saturated heterocycles. The number of benzene rings is 2. The summed E-state index contributed by atoms with van der Waals surface area (Å²) in [6, 6.07) is 16.1. The predicted molar refractivity (Wildman–Crippen MR) is 145 cm³/mol. The van der Waals surface area contributed by atoms with Gasteiger partial charge in [-0.1, -0.05) is 87.4 Å². The highest BCUT2D eigenvalue weighted by Crippen LogP contribution is 2.38. The topological polar surface area (TPSA) is 72.8 Å². The molecule has 0 saturated carbocycles. The van der Waals surface area contributed by atoms with Gasteiger partial charge >= 0.3 is 0 Å². The fourth-order valence-corrected chi connectivity index (χ4v) is 4.59. The highest BCUT2D eigenvalue weighted by atomic mass is 32.2. The van der Waals surface area contributed by atoms with E-state index in [4.69, 9.17) is 14.0 Å². The van der Waals surface area contributed by atoms with E-state index in [-0.39, 0.29) is 5.75 Å². The molecule has 0 radical (unpaired) electrons. The van der Waals surface area contributed by atoms with Gasteiger partial charge in [0.15, 0.2) is 0 Å². The Labute approximate surface area is 212 Å². The Hall–Kier alpha value is -2.31. The average molecular weight is 503 g/mol. The van der Waals surface area contributed by atoms with Crippen LogP contribution in [-0.2, 0) is 10.1 Å². The molecule has 35 heavy (non-hydrogen) atoms. The van der Waals surface area contributed by atoms with Crippen LogP contribution in [0.5, 0.6) is 11.5 Å². The number of allylic oxidation sites excluding steroid dienone is 1. The first kappa shape index (κ1) is 28.9. The van der Waals surface area contributed by atoms with Gasteiger partial charge in [-0.05, 0) is 49.8 Å². The first-order chi connectivity index (χ1) is 17.0. The van der Waals surface area contributed by atoms with Crippen molar-refractivity contribution in [1.29, 1.82) is 0 Å². The second kappa shape index (κ2) is 17.2. The Morgan fingerprint density at radius 3 is 1.74 bits per heavy atom. The van der Waals surface area contributed by atoms with Gasteiger partial charge in [0.2, 0.25) is 0 Å². The lowest BCUT2D eigenvalue weighted by Crippen LogP contribution is -2.04. The Morgan fingerprint density at radius 1 is 0.686 bits per heavy atom. The molecule has 0 amide bonds. The molecule has 0 spiro atoms. The number of hydrogen-bond donors (Lipinski definition) is 1. The molecule has 194 valence electrons. The molecule has 2 aromatic rings. The average Bonchev–Trinajstić information content (AvgIpc) is 2.84. The molecule has 6 heteroatoms. The Morgan fingerprint density at radius 2 is 1.20 bits per heavy atom. The summed E-state index contributed by atoms with van der Waals surface area (Å²) in [6.07, 6.45) is 14.6. The zero-order valence-corrected chi connectivity index (χ0v) is 21.8. The molecule has 0 aliphatic rings. The van der Waals surface area contributed by atoms with Crippen LogP contribution in [0.1, 0.15) is 77.0 Å². The zero-order chi connectivity index (χ0) is 25.2. The minimum atomic E-state index is -3.87. The minimum absolute atomic E-state index is 0.179. The quantitative estimate of drug-likeness (QED) is 0.113. The molecule has 0 unspecified atom stereocenters. The standard InChI is InChI=1S/C29H42O5S/c1-2-3-4-5-6-7-8-9-15-23-33-27-21-18-22-28(29(27)26-19-13-12-14-20-26)34-24-16-10-11-17-25-35(30,31)32/h2,12-14,18-22H,1,3-11,15-17,23-25H2,(H,30,31,32). The molecule has 2 aromatic carbocycles. The van der Waals surface area contributed by atoms with Gasteiger partial charge < -0.3 is 9.47 Å². The van der Waals surface area contributed by atoms with Crippen molar-refractivity contribution >= 4 is 10.1 Å². The van der Waals surface area contributed by atoms with E-state index in [1.165, 1.54) is 38.5 Å². The Balaban J connectivity index is 1.83. The second-order valence-electron chi connectivity index (χ2n) is 8.94. The van der Waals surface area contributed by atoms with Crippen molar-refractivity contribution < 1.29 is 22.4 Å². The lowest BCUT2D eigenvalue weighted by atomic mass is 10.0. The first-order valence-corrected chi connectivity index (χ1v) is 14.6. The molecule has 1 N–H and O–H groups in total. The van der Waals surface area contributed by atoms with E-state index in [1.807, 2.05) is 42.5 Å². The highest BCUT2D eigenvalue weighted by Gasteiger charge is 2.13. The van der Waals surface area contributed by atoms with Crippen LogP contribution in [0.2, 0.25) is 0 Å². The van der Waals surface area contributed by atoms with Crippen molar-refractivity contribution in [2.75, 3.05) is 19.0 Å². The number of ether oxygens (including phenoxy) is 2. The van der Waals surface area contributed by atoms with E-state index in [9.17, 15) is 8.42 Å². The monoisotopic (exact) mass is 502 g/mol. The van der Waals surface area contributed by atoms with Crippen molar-refractivity contribution in [2.45, 2.75) is 77.0 Å². The maximum atomic E-state index is 10.8. The second-order valence-corrected chi connectivity index (χ2v) is 10.5. The van der Waals surface area contributed by atoms with Crippen molar-refractivity contribution in [3.05, 3.63) is 61.2 Å². The summed E-state index contributed by atoms with van der Waals surface area (Å²) < 4.78 is 42.8. The Kier molecular flexibility index (Phi) is 14.2. The summed E-state index contributed by atoms with van der Waals surface area (Å²) >= 11 is 0. The van der Waals surface area contributed by atoms with Crippen molar-refractivity contribution in [3.8, 4) is 22.6 Å². The zero-order valence-electron chi connectivity index (χ0n) is 21.0. The highest BCUT2D eigenvalue weighted by molar-refractivity contribution is 7.85. The van der Waals surface area contributed by atoms with Gasteiger partial charge in [0.1, 0.15) is 11.5 Å². The summed E-state index contributed by atoms with van der Waals surface area (Å²) in [7, 11) is -3.87. The van der Waals surface area contributed by atoms with Gasteiger partial charge in [-0.25, -0.2) is 0 Å². The summed E-state index contributed by atoms with van der Waals surface area (Å²) in [5, 5.41) is 0. The van der Waals surface area contributed by atoms with Gasteiger partial charge in [0, 0.05) is 0 Å². The van der Waals surface area contributed by atoms with Gasteiger partial charge in [-0.2, -0.15) is 8.42 Å². The number of unbranched alkanes of at least 4 members (excludes halogenated alkanes) is 10. The van der Waals surface area contributed by atoms with Gasteiger partial charge in [-0.3, -0.25) is 4.55 Å². The lowest BCUT2D eigenvalue weighted by Gasteiger charge is -2.17. The maximum Gasteiger partial charge on any atom is 0.264 e. The van der Waals surface area contributed by atoms with Crippen molar-refractivity contribution in [1.82, 2.24) is 0 Å².